The molecule has 1 aromatic carbocycles. The zero-order chi connectivity index (χ0) is 23.7. The molecule has 1 unspecified atom stereocenters. The number of ether oxygens (including phenoxy) is 1. The zero-order valence-electron chi connectivity index (χ0n) is 17.5. The Morgan fingerprint density at radius 3 is 2.62 bits per heavy atom. The van der Waals surface area contributed by atoms with Crippen LogP contribution in [0.25, 0.3) is 11.1 Å². The maximum Gasteiger partial charge on any atom is 0.328 e. The van der Waals surface area contributed by atoms with Crippen LogP contribution in [0.2, 0.25) is 0 Å². The van der Waals surface area contributed by atoms with E-state index in [0.717, 1.165) is 6.26 Å². The Bertz CT molecular complexity index is 1150. The quantitative estimate of drug-likeness (QED) is 0.370. The molecule has 0 aliphatic carbocycles. The second kappa shape index (κ2) is 8.88. The predicted molar refractivity (Wildman–Crippen MR) is 111 cm³/mol. The standard InChI is InChI=1S/C20H24FN3O7S/c1-20(18(26)22-28,32(2,29)30)5-6-23-12-14-9-13(11-24(14)19(23)27)16-4-3-15(10-17(16)21)31-8-7-25/h3-4,9-11,25,28H,5-8,12H2,1-2H3,(H,22,26). The molecule has 0 saturated heterocycles. The Hall–Kier alpha value is -2.96. The number of benzene rings is 1. The van der Waals surface area contributed by atoms with Crippen LogP contribution < -0.4 is 10.2 Å². The number of rotatable bonds is 9. The van der Waals surface area contributed by atoms with Crippen LogP contribution >= 0.6 is 0 Å². The normalized spacial score (nSPS) is 15.4. The number of amides is 2. The fourth-order valence-corrected chi connectivity index (χ4v) is 4.31. The topological polar surface area (TPSA) is 138 Å². The molecule has 2 amide bonds. The van der Waals surface area contributed by atoms with Gasteiger partial charge in [0.15, 0.2) is 14.6 Å². The highest BCUT2D eigenvalue weighted by Gasteiger charge is 2.44. The van der Waals surface area contributed by atoms with E-state index < -0.39 is 32.3 Å². The molecule has 0 radical (unpaired) electrons. The summed E-state index contributed by atoms with van der Waals surface area (Å²) in [6.07, 6.45) is 2.16. The molecular weight excluding hydrogens is 445 g/mol. The molecule has 3 rings (SSSR count). The van der Waals surface area contributed by atoms with Crippen molar-refractivity contribution < 1.29 is 37.4 Å². The zero-order valence-corrected chi connectivity index (χ0v) is 18.4. The summed E-state index contributed by atoms with van der Waals surface area (Å²) >= 11 is 0. The number of aromatic nitrogens is 1. The summed E-state index contributed by atoms with van der Waals surface area (Å²) in [5.74, 6) is -1.35. The van der Waals surface area contributed by atoms with Crippen molar-refractivity contribution in [1.29, 1.82) is 0 Å². The molecule has 0 spiro atoms. The maximum atomic E-state index is 14.5. The molecule has 1 aromatic heterocycles. The van der Waals surface area contributed by atoms with Crippen molar-refractivity contribution in [3.8, 4) is 16.9 Å². The second-order valence-corrected chi connectivity index (χ2v) is 10.1. The summed E-state index contributed by atoms with van der Waals surface area (Å²) in [5.41, 5.74) is 2.71. The van der Waals surface area contributed by atoms with Crippen molar-refractivity contribution in [1.82, 2.24) is 14.9 Å². The average Bonchev–Trinajstić information content (AvgIpc) is 3.28. The summed E-state index contributed by atoms with van der Waals surface area (Å²) < 4.78 is 43.3. The lowest BCUT2D eigenvalue weighted by Crippen LogP contribution is -2.50. The second-order valence-electron chi connectivity index (χ2n) is 7.70. The van der Waals surface area contributed by atoms with E-state index in [0.29, 0.717) is 11.3 Å². The lowest BCUT2D eigenvalue weighted by molar-refractivity contribution is -0.131. The summed E-state index contributed by atoms with van der Waals surface area (Å²) in [6, 6.07) is 5.49. The third kappa shape index (κ3) is 4.33. The molecule has 1 aliphatic rings. The van der Waals surface area contributed by atoms with Crippen LogP contribution in [0.15, 0.2) is 30.5 Å². The minimum Gasteiger partial charge on any atom is -0.491 e. The molecule has 0 bridgehead atoms. The first-order valence-electron chi connectivity index (χ1n) is 9.70. The Morgan fingerprint density at radius 2 is 2.06 bits per heavy atom. The highest BCUT2D eigenvalue weighted by molar-refractivity contribution is 7.92. The first-order valence-corrected chi connectivity index (χ1v) is 11.6. The molecule has 32 heavy (non-hydrogen) atoms. The van der Waals surface area contributed by atoms with E-state index >= 15 is 0 Å². The van der Waals surface area contributed by atoms with Crippen molar-refractivity contribution in [2.75, 3.05) is 26.0 Å². The summed E-state index contributed by atoms with van der Waals surface area (Å²) in [4.78, 5) is 26.1. The van der Waals surface area contributed by atoms with Crippen LogP contribution in [-0.4, -0.2) is 70.9 Å². The molecule has 12 heteroatoms. The lowest BCUT2D eigenvalue weighted by Gasteiger charge is -2.27. The van der Waals surface area contributed by atoms with E-state index in [9.17, 15) is 22.4 Å². The average molecular weight is 469 g/mol. The van der Waals surface area contributed by atoms with Crippen LogP contribution in [0.3, 0.4) is 0 Å². The molecule has 0 fully saturated rings. The lowest BCUT2D eigenvalue weighted by atomic mass is 10.1. The SMILES string of the molecule is CC(CCN1Cc2cc(-c3ccc(OCCO)cc3F)cn2C1=O)(C(=O)NO)S(C)(=O)=O. The Labute approximate surface area is 184 Å². The largest absolute Gasteiger partial charge is 0.491 e. The van der Waals surface area contributed by atoms with Crippen LogP contribution in [-0.2, 0) is 21.2 Å². The van der Waals surface area contributed by atoms with Gasteiger partial charge in [-0.1, -0.05) is 0 Å². The first-order chi connectivity index (χ1) is 15.0. The number of sulfone groups is 1. The Morgan fingerprint density at radius 1 is 1.34 bits per heavy atom. The van der Waals surface area contributed by atoms with Crippen LogP contribution in [0.1, 0.15) is 19.0 Å². The maximum absolute atomic E-state index is 14.5. The predicted octanol–water partition coefficient (Wildman–Crippen LogP) is 1.15. The molecule has 3 N–H and O–H groups in total. The molecular formula is C20H24FN3O7S. The van der Waals surface area contributed by atoms with Gasteiger partial charge < -0.3 is 14.7 Å². The minimum absolute atomic E-state index is 0.0436. The number of carbonyl (C=O) groups excluding carboxylic acids is 2. The number of hydrogen-bond donors (Lipinski definition) is 3. The van der Waals surface area contributed by atoms with Crippen molar-refractivity contribution in [2.45, 2.75) is 24.6 Å². The minimum atomic E-state index is -3.88. The van der Waals surface area contributed by atoms with Crippen molar-refractivity contribution in [2.24, 2.45) is 0 Å². The fraction of sp³-hybridized carbons (Fsp3) is 0.400. The van der Waals surface area contributed by atoms with Crippen LogP contribution in [0, 0.1) is 5.82 Å². The number of halogens is 1. The van der Waals surface area contributed by atoms with Gasteiger partial charge in [0.05, 0.1) is 13.2 Å². The van der Waals surface area contributed by atoms with E-state index in [1.807, 2.05) is 0 Å². The van der Waals surface area contributed by atoms with Crippen LogP contribution in [0.4, 0.5) is 9.18 Å². The number of fused-ring (bicyclic) bond motifs is 1. The highest BCUT2D eigenvalue weighted by Crippen LogP contribution is 2.31. The van der Waals surface area contributed by atoms with E-state index in [1.165, 1.54) is 40.2 Å². The highest BCUT2D eigenvalue weighted by atomic mass is 32.2. The fourth-order valence-electron chi connectivity index (χ4n) is 3.46. The number of hydroxylamine groups is 1. The first kappa shape index (κ1) is 23.7. The molecule has 2 heterocycles. The smallest absolute Gasteiger partial charge is 0.328 e. The van der Waals surface area contributed by atoms with Gasteiger partial charge in [-0.3, -0.25) is 14.6 Å². The van der Waals surface area contributed by atoms with Gasteiger partial charge in [0.2, 0.25) is 0 Å². The van der Waals surface area contributed by atoms with Gasteiger partial charge in [0, 0.05) is 41.9 Å². The van der Waals surface area contributed by atoms with Crippen LogP contribution in [0.5, 0.6) is 5.75 Å². The van der Waals surface area contributed by atoms with E-state index in [1.54, 1.807) is 12.1 Å². The Kier molecular flexibility index (Phi) is 6.58. The number of nitrogens with zero attached hydrogens (tertiary/aromatic N) is 2. The van der Waals surface area contributed by atoms with Gasteiger partial charge in [-0.05, 0) is 31.5 Å². The molecule has 2 aromatic rings. The third-order valence-electron chi connectivity index (χ3n) is 5.60. The number of carbonyl (C=O) groups is 2. The van der Waals surface area contributed by atoms with Gasteiger partial charge in [0.25, 0.3) is 5.91 Å². The molecule has 1 atom stereocenters. The van der Waals surface area contributed by atoms with Gasteiger partial charge in [-0.25, -0.2) is 23.1 Å². The molecule has 174 valence electrons. The van der Waals surface area contributed by atoms with Crippen molar-refractivity contribution in [3.63, 3.8) is 0 Å². The summed E-state index contributed by atoms with van der Waals surface area (Å²) in [5, 5.41) is 17.7. The van der Waals surface area contributed by atoms with E-state index in [-0.39, 0.29) is 44.0 Å². The van der Waals surface area contributed by atoms with E-state index in [2.05, 4.69) is 0 Å². The molecule has 1 aliphatic heterocycles. The van der Waals surface area contributed by atoms with Gasteiger partial charge in [-0.15, -0.1) is 0 Å². The van der Waals surface area contributed by atoms with Gasteiger partial charge in [0.1, 0.15) is 18.2 Å². The summed E-state index contributed by atoms with van der Waals surface area (Å²) in [7, 11) is -3.88. The van der Waals surface area contributed by atoms with Gasteiger partial charge in [-0.2, -0.15) is 0 Å². The Balaban J connectivity index is 1.75. The number of aliphatic hydroxyl groups is 1. The number of hydrogen-bond acceptors (Lipinski definition) is 7. The van der Waals surface area contributed by atoms with Gasteiger partial charge >= 0.3 is 6.03 Å². The molecule has 10 nitrogen and oxygen atoms in total. The van der Waals surface area contributed by atoms with E-state index in [4.69, 9.17) is 15.1 Å². The van der Waals surface area contributed by atoms with Crippen molar-refractivity contribution in [3.05, 3.63) is 42.0 Å². The van der Waals surface area contributed by atoms with Crippen molar-refractivity contribution >= 4 is 21.8 Å². The summed E-state index contributed by atoms with van der Waals surface area (Å²) in [6.45, 7) is 1.14. The third-order valence-corrected chi connectivity index (χ3v) is 7.63. The number of aliphatic hydroxyl groups excluding tert-OH is 1. The monoisotopic (exact) mass is 469 g/mol. The number of nitrogens with one attached hydrogen (secondary N) is 1. The molecule has 0 saturated carbocycles.